The number of nitrogens with one attached hydrogen (secondary N) is 2. The van der Waals surface area contributed by atoms with E-state index in [9.17, 15) is 4.79 Å². The van der Waals surface area contributed by atoms with Gasteiger partial charge in [0.15, 0.2) is 0 Å². The monoisotopic (exact) mass is 350 g/mol. The molecule has 5 nitrogen and oxygen atoms in total. The van der Waals surface area contributed by atoms with Crippen LogP contribution in [-0.2, 0) is 4.79 Å². The van der Waals surface area contributed by atoms with Crippen molar-refractivity contribution < 1.29 is 4.79 Å². The fourth-order valence-electron chi connectivity index (χ4n) is 4.03. The van der Waals surface area contributed by atoms with Crippen LogP contribution >= 0.6 is 0 Å². The van der Waals surface area contributed by atoms with Gasteiger partial charge in [0.1, 0.15) is 5.82 Å². The molecular weight excluding hydrogens is 324 g/mol. The van der Waals surface area contributed by atoms with Gasteiger partial charge in [0.2, 0.25) is 5.91 Å². The van der Waals surface area contributed by atoms with Crippen molar-refractivity contribution >= 4 is 28.2 Å². The van der Waals surface area contributed by atoms with Crippen LogP contribution in [0.2, 0.25) is 0 Å². The van der Waals surface area contributed by atoms with Gasteiger partial charge in [0.05, 0.1) is 0 Å². The summed E-state index contributed by atoms with van der Waals surface area (Å²) >= 11 is 0. The van der Waals surface area contributed by atoms with E-state index in [4.69, 9.17) is 4.98 Å². The quantitative estimate of drug-likeness (QED) is 0.830. The maximum absolute atomic E-state index is 11.7. The summed E-state index contributed by atoms with van der Waals surface area (Å²) in [6.45, 7) is 7.79. The first-order valence-electron chi connectivity index (χ1n) is 9.58. The number of hydrogen-bond donors (Lipinski definition) is 2. The van der Waals surface area contributed by atoms with E-state index in [0.717, 1.165) is 55.9 Å². The largest absolute Gasteiger partial charge is 0.356 e. The van der Waals surface area contributed by atoms with E-state index in [0.29, 0.717) is 5.92 Å². The van der Waals surface area contributed by atoms with E-state index < -0.39 is 0 Å². The summed E-state index contributed by atoms with van der Waals surface area (Å²) < 4.78 is 0. The zero-order valence-corrected chi connectivity index (χ0v) is 15.1. The van der Waals surface area contributed by atoms with Crippen LogP contribution in [0.5, 0.6) is 0 Å². The standard InChI is InChI=1S/C21H26N4O/c1-2-20(26)23-17-5-6-18-16(13-17)14-19(15-7-9-22-10-8-15)24-21(18)25-11-3-4-12-25/h2,5-6,13-15,22H,1,3-4,7-12H2,(H,23,26). The summed E-state index contributed by atoms with van der Waals surface area (Å²) in [5.74, 6) is 1.43. The Morgan fingerprint density at radius 2 is 2.00 bits per heavy atom. The van der Waals surface area contributed by atoms with Gasteiger partial charge in [-0.05, 0) is 74.5 Å². The lowest BCUT2D eigenvalue weighted by atomic mass is 9.93. The Kier molecular flexibility index (Phi) is 4.89. The van der Waals surface area contributed by atoms with Crippen molar-refractivity contribution in [2.45, 2.75) is 31.6 Å². The van der Waals surface area contributed by atoms with Crippen molar-refractivity contribution in [3.8, 4) is 0 Å². The second-order valence-corrected chi connectivity index (χ2v) is 7.22. The fourth-order valence-corrected chi connectivity index (χ4v) is 4.03. The Morgan fingerprint density at radius 1 is 1.23 bits per heavy atom. The zero-order chi connectivity index (χ0) is 17.9. The van der Waals surface area contributed by atoms with Crippen LogP contribution in [0, 0.1) is 0 Å². The second kappa shape index (κ2) is 7.46. The van der Waals surface area contributed by atoms with Crippen molar-refractivity contribution in [2.75, 3.05) is 36.4 Å². The molecule has 136 valence electrons. The predicted octanol–water partition coefficient (Wildman–Crippen LogP) is 3.43. The molecule has 0 saturated carbocycles. The minimum atomic E-state index is -0.184. The van der Waals surface area contributed by atoms with Crippen LogP contribution in [0.25, 0.3) is 10.8 Å². The topological polar surface area (TPSA) is 57.3 Å². The number of pyridine rings is 1. The average molecular weight is 350 g/mol. The molecule has 2 aliphatic rings. The van der Waals surface area contributed by atoms with Gasteiger partial charge in [-0.15, -0.1) is 0 Å². The van der Waals surface area contributed by atoms with Crippen LogP contribution < -0.4 is 15.5 Å². The Labute approximate surface area is 154 Å². The lowest BCUT2D eigenvalue weighted by molar-refractivity contribution is -0.111. The molecule has 4 rings (SSSR count). The van der Waals surface area contributed by atoms with Gasteiger partial charge in [-0.1, -0.05) is 6.58 Å². The number of piperidine rings is 1. The minimum absolute atomic E-state index is 0.184. The third-order valence-electron chi connectivity index (χ3n) is 5.45. The highest BCUT2D eigenvalue weighted by Crippen LogP contribution is 2.34. The number of carbonyl (C=O) groups excluding carboxylic acids is 1. The molecule has 0 unspecified atom stereocenters. The molecule has 0 atom stereocenters. The molecule has 1 amide bonds. The third kappa shape index (κ3) is 3.44. The van der Waals surface area contributed by atoms with Gasteiger partial charge in [-0.3, -0.25) is 4.79 Å². The zero-order valence-electron chi connectivity index (χ0n) is 15.1. The van der Waals surface area contributed by atoms with E-state index in [1.807, 2.05) is 6.07 Å². The van der Waals surface area contributed by atoms with Gasteiger partial charge in [0, 0.05) is 35.8 Å². The van der Waals surface area contributed by atoms with Crippen molar-refractivity contribution in [1.82, 2.24) is 10.3 Å². The smallest absolute Gasteiger partial charge is 0.247 e. The number of carbonyl (C=O) groups is 1. The fraction of sp³-hybridized carbons (Fsp3) is 0.429. The van der Waals surface area contributed by atoms with Gasteiger partial charge < -0.3 is 15.5 Å². The highest BCUT2D eigenvalue weighted by molar-refractivity contribution is 6.01. The van der Waals surface area contributed by atoms with Gasteiger partial charge in [0.25, 0.3) is 0 Å². The third-order valence-corrected chi connectivity index (χ3v) is 5.45. The van der Waals surface area contributed by atoms with Crippen molar-refractivity contribution in [3.63, 3.8) is 0 Å². The molecule has 0 radical (unpaired) electrons. The van der Waals surface area contributed by atoms with Gasteiger partial charge in [-0.2, -0.15) is 0 Å². The van der Waals surface area contributed by atoms with Crippen molar-refractivity contribution in [1.29, 1.82) is 0 Å². The number of aromatic nitrogens is 1. The normalized spacial score (nSPS) is 18.2. The molecule has 2 aliphatic heterocycles. The number of benzene rings is 1. The van der Waals surface area contributed by atoms with Crippen LogP contribution in [0.3, 0.4) is 0 Å². The average Bonchev–Trinajstić information content (AvgIpc) is 3.22. The number of fused-ring (bicyclic) bond motifs is 1. The molecule has 26 heavy (non-hydrogen) atoms. The molecule has 2 aromatic rings. The number of hydrogen-bond acceptors (Lipinski definition) is 4. The van der Waals surface area contributed by atoms with Crippen LogP contribution in [0.1, 0.15) is 37.3 Å². The number of anilines is 2. The highest BCUT2D eigenvalue weighted by atomic mass is 16.1. The molecule has 1 aromatic carbocycles. The first kappa shape index (κ1) is 17.0. The molecule has 0 spiro atoms. The molecule has 5 heteroatoms. The Bertz CT molecular complexity index is 820. The summed E-state index contributed by atoms with van der Waals surface area (Å²) in [6, 6.07) is 8.31. The molecule has 2 fully saturated rings. The number of nitrogens with zero attached hydrogens (tertiary/aromatic N) is 2. The van der Waals surface area contributed by atoms with E-state index in [-0.39, 0.29) is 5.91 Å². The van der Waals surface area contributed by atoms with Crippen molar-refractivity contribution in [2.24, 2.45) is 0 Å². The van der Waals surface area contributed by atoms with E-state index in [1.165, 1.54) is 30.0 Å². The first-order valence-corrected chi connectivity index (χ1v) is 9.58. The molecule has 1 aromatic heterocycles. The molecule has 0 aliphatic carbocycles. The minimum Gasteiger partial charge on any atom is -0.356 e. The van der Waals surface area contributed by atoms with Crippen LogP contribution in [0.4, 0.5) is 11.5 Å². The summed E-state index contributed by atoms with van der Waals surface area (Å²) in [5.41, 5.74) is 1.99. The summed E-state index contributed by atoms with van der Waals surface area (Å²) in [4.78, 5) is 19.2. The number of rotatable bonds is 4. The SMILES string of the molecule is C=CC(=O)Nc1ccc2c(N3CCCC3)nc(C3CCNCC3)cc2c1. The first-order chi connectivity index (χ1) is 12.7. The Balaban J connectivity index is 1.78. The van der Waals surface area contributed by atoms with E-state index in [2.05, 4.69) is 40.3 Å². The Hall–Kier alpha value is -2.40. The van der Waals surface area contributed by atoms with Crippen molar-refractivity contribution in [3.05, 3.63) is 42.6 Å². The Morgan fingerprint density at radius 3 is 2.73 bits per heavy atom. The maximum Gasteiger partial charge on any atom is 0.247 e. The second-order valence-electron chi connectivity index (χ2n) is 7.22. The highest BCUT2D eigenvalue weighted by Gasteiger charge is 2.22. The van der Waals surface area contributed by atoms with Gasteiger partial charge in [-0.25, -0.2) is 4.98 Å². The maximum atomic E-state index is 11.7. The lowest BCUT2D eigenvalue weighted by Gasteiger charge is -2.25. The molecule has 2 N–H and O–H groups in total. The molecular formula is C21H26N4O. The molecule has 0 bridgehead atoms. The van der Waals surface area contributed by atoms with Crippen LogP contribution in [-0.4, -0.2) is 37.1 Å². The van der Waals surface area contributed by atoms with Crippen LogP contribution in [0.15, 0.2) is 36.9 Å². The summed E-state index contributed by atoms with van der Waals surface area (Å²) in [5, 5.41) is 8.62. The van der Waals surface area contributed by atoms with Gasteiger partial charge >= 0.3 is 0 Å². The van der Waals surface area contributed by atoms with E-state index >= 15 is 0 Å². The lowest BCUT2D eigenvalue weighted by Crippen LogP contribution is -2.27. The summed E-state index contributed by atoms with van der Waals surface area (Å²) in [7, 11) is 0. The molecule has 3 heterocycles. The summed E-state index contributed by atoms with van der Waals surface area (Å²) in [6.07, 6.45) is 6.02. The number of amides is 1. The molecule has 2 saturated heterocycles. The predicted molar refractivity (Wildman–Crippen MR) is 107 cm³/mol. The van der Waals surface area contributed by atoms with E-state index in [1.54, 1.807) is 0 Å².